The molecular weight excluding hydrogens is 364 g/mol. The third-order valence-electron chi connectivity index (χ3n) is 5.34. The smallest absolute Gasteiger partial charge is 0.234 e. The summed E-state index contributed by atoms with van der Waals surface area (Å²) in [6, 6.07) is 2.42. The molecule has 0 unspecified atom stereocenters. The summed E-state index contributed by atoms with van der Waals surface area (Å²) < 4.78 is 0. The van der Waals surface area contributed by atoms with Crippen LogP contribution in [0.4, 0.5) is 0 Å². The van der Waals surface area contributed by atoms with Crippen LogP contribution in [0.25, 0.3) is 10.2 Å². The van der Waals surface area contributed by atoms with E-state index in [0.717, 1.165) is 53.2 Å². The van der Waals surface area contributed by atoms with E-state index in [9.17, 15) is 10.1 Å². The fourth-order valence-electron chi connectivity index (χ4n) is 3.54. The zero-order valence-electron chi connectivity index (χ0n) is 15.8. The highest BCUT2D eigenvalue weighted by Crippen LogP contribution is 2.36. The summed E-state index contributed by atoms with van der Waals surface area (Å²) in [5.41, 5.74) is 0.552. The molecule has 2 heterocycles. The Hall–Kier alpha value is -1.65. The van der Waals surface area contributed by atoms with Crippen molar-refractivity contribution < 1.29 is 4.79 Å². The van der Waals surface area contributed by atoms with Gasteiger partial charge in [-0.25, -0.2) is 9.97 Å². The molecule has 1 aliphatic carbocycles. The number of rotatable bonds is 4. The molecule has 3 rings (SSSR count). The van der Waals surface area contributed by atoms with Crippen molar-refractivity contribution in [2.45, 2.75) is 63.4 Å². The maximum Gasteiger partial charge on any atom is 0.234 e. The summed E-state index contributed by atoms with van der Waals surface area (Å²) in [5.74, 6) is 1.01. The summed E-state index contributed by atoms with van der Waals surface area (Å²) in [4.78, 5) is 25.8. The molecule has 2 aromatic heterocycles. The van der Waals surface area contributed by atoms with E-state index in [0.29, 0.717) is 5.75 Å². The number of carbonyl (C=O) groups is 1. The summed E-state index contributed by atoms with van der Waals surface area (Å²) in [5, 5.41) is 11.6. The predicted molar refractivity (Wildman–Crippen MR) is 107 cm³/mol. The molecule has 0 saturated heterocycles. The largest absolute Gasteiger partial charge is 0.326 e. The second-order valence-electron chi connectivity index (χ2n) is 6.98. The average Bonchev–Trinajstić information content (AvgIpc) is 2.93. The number of hydrogen-bond donors (Lipinski definition) is 0. The quantitative estimate of drug-likeness (QED) is 0.574. The van der Waals surface area contributed by atoms with Crippen LogP contribution in [-0.2, 0) is 4.79 Å². The van der Waals surface area contributed by atoms with Crippen LogP contribution in [0, 0.1) is 32.1 Å². The Labute approximate surface area is 162 Å². The lowest BCUT2D eigenvalue weighted by Gasteiger charge is -2.39. The Morgan fingerprint density at radius 2 is 1.96 bits per heavy atom. The second kappa shape index (κ2) is 7.53. The first-order chi connectivity index (χ1) is 12.4. The molecule has 0 aliphatic heterocycles. The molecule has 1 fully saturated rings. The van der Waals surface area contributed by atoms with Gasteiger partial charge in [-0.2, -0.15) is 5.26 Å². The monoisotopic (exact) mass is 388 g/mol. The zero-order valence-corrected chi connectivity index (χ0v) is 17.4. The van der Waals surface area contributed by atoms with E-state index in [1.54, 1.807) is 23.3 Å². The Bertz CT molecular complexity index is 878. The third-order valence-corrected chi connectivity index (χ3v) is 7.41. The minimum absolute atomic E-state index is 0.00697. The van der Waals surface area contributed by atoms with Crippen LogP contribution < -0.4 is 0 Å². The molecule has 26 heavy (non-hydrogen) atoms. The maximum absolute atomic E-state index is 12.8. The average molecular weight is 389 g/mol. The molecule has 0 spiro atoms. The second-order valence-corrected chi connectivity index (χ2v) is 9.15. The lowest BCUT2D eigenvalue weighted by Crippen LogP contribution is -2.50. The van der Waals surface area contributed by atoms with Gasteiger partial charge in [0, 0.05) is 17.3 Å². The lowest BCUT2D eigenvalue weighted by molar-refractivity contribution is -0.131. The van der Waals surface area contributed by atoms with Crippen molar-refractivity contribution in [2.24, 2.45) is 0 Å². The number of thioether (sulfide) groups is 1. The minimum atomic E-state index is -0.637. The molecular formula is C19H24N4OS2. The van der Waals surface area contributed by atoms with E-state index < -0.39 is 5.54 Å². The highest BCUT2D eigenvalue weighted by Gasteiger charge is 2.38. The normalized spacial score (nSPS) is 16.4. The van der Waals surface area contributed by atoms with Crippen molar-refractivity contribution in [3.8, 4) is 6.07 Å². The van der Waals surface area contributed by atoms with Crippen molar-refractivity contribution in [1.29, 1.82) is 5.26 Å². The fourth-order valence-corrected chi connectivity index (χ4v) is 5.73. The van der Waals surface area contributed by atoms with Crippen LogP contribution >= 0.6 is 23.1 Å². The number of carbonyl (C=O) groups excluding carboxylic acids is 1. The van der Waals surface area contributed by atoms with Gasteiger partial charge >= 0.3 is 0 Å². The number of amides is 1. The summed E-state index contributed by atoms with van der Waals surface area (Å²) in [6.45, 7) is 6.05. The number of nitrogens with zero attached hydrogens (tertiary/aromatic N) is 4. The molecule has 138 valence electrons. The highest BCUT2D eigenvalue weighted by atomic mass is 32.2. The minimum Gasteiger partial charge on any atom is -0.326 e. The van der Waals surface area contributed by atoms with Crippen molar-refractivity contribution in [1.82, 2.24) is 14.9 Å². The Morgan fingerprint density at radius 1 is 1.27 bits per heavy atom. The van der Waals surface area contributed by atoms with Crippen LogP contribution in [0.2, 0.25) is 0 Å². The van der Waals surface area contributed by atoms with Gasteiger partial charge in [0.1, 0.15) is 21.2 Å². The lowest BCUT2D eigenvalue weighted by atomic mass is 9.81. The predicted octanol–water partition coefficient (Wildman–Crippen LogP) is 4.39. The molecule has 5 nitrogen and oxygen atoms in total. The zero-order chi connectivity index (χ0) is 18.9. The molecule has 1 amide bonds. The van der Waals surface area contributed by atoms with Gasteiger partial charge in [-0.3, -0.25) is 4.79 Å². The van der Waals surface area contributed by atoms with Gasteiger partial charge in [0.25, 0.3) is 0 Å². The van der Waals surface area contributed by atoms with E-state index in [1.807, 2.05) is 6.92 Å². The molecule has 0 radical (unpaired) electrons. The van der Waals surface area contributed by atoms with Crippen molar-refractivity contribution in [3.05, 3.63) is 16.3 Å². The first-order valence-electron chi connectivity index (χ1n) is 8.93. The van der Waals surface area contributed by atoms with Crippen LogP contribution in [0.3, 0.4) is 0 Å². The van der Waals surface area contributed by atoms with Gasteiger partial charge in [0.2, 0.25) is 5.91 Å². The molecule has 0 N–H and O–H groups in total. The molecule has 7 heteroatoms. The SMILES string of the molecule is Cc1nc(SCC(=O)N(C)C2(C#N)CCCCC2)c2c(C)c(C)sc2n1. The van der Waals surface area contributed by atoms with Crippen molar-refractivity contribution in [2.75, 3.05) is 12.8 Å². The van der Waals surface area contributed by atoms with Crippen LogP contribution in [0.1, 0.15) is 48.4 Å². The van der Waals surface area contributed by atoms with E-state index in [-0.39, 0.29) is 5.91 Å². The van der Waals surface area contributed by atoms with E-state index in [2.05, 4.69) is 29.9 Å². The molecule has 1 aliphatic rings. The summed E-state index contributed by atoms with van der Waals surface area (Å²) in [6.07, 6.45) is 4.72. The van der Waals surface area contributed by atoms with Gasteiger partial charge in [0.05, 0.1) is 11.8 Å². The molecule has 1 saturated carbocycles. The van der Waals surface area contributed by atoms with Gasteiger partial charge in [-0.15, -0.1) is 11.3 Å². The van der Waals surface area contributed by atoms with Crippen LogP contribution in [0.15, 0.2) is 5.03 Å². The maximum atomic E-state index is 12.8. The highest BCUT2D eigenvalue weighted by molar-refractivity contribution is 8.00. The number of thiophene rings is 1. The van der Waals surface area contributed by atoms with Crippen LogP contribution in [-0.4, -0.2) is 39.1 Å². The first-order valence-corrected chi connectivity index (χ1v) is 10.7. The number of aromatic nitrogens is 2. The van der Waals surface area contributed by atoms with E-state index in [1.165, 1.54) is 22.2 Å². The number of fused-ring (bicyclic) bond motifs is 1. The summed E-state index contributed by atoms with van der Waals surface area (Å²) in [7, 11) is 1.78. The van der Waals surface area contributed by atoms with E-state index in [4.69, 9.17) is 0 Å². The fraction of sp³-hybridized carbons (Fsp3) is 0.579. The van der Waals surface area contributed by atoms with E-state index >= 15 is 0 Å². The molecule has 0 atom stereocenters. The topological polar surface area (TPSA) is 69.9 Å². The molecule has 2 aromatic rings. The third kappa shape index (κ3) is 3.45. The molecule has 0 aromatic carbocycles. The summed E-state index contributed by atoms with van der Waals surface area (Å²) >= 11 is 3.13. The standard InChI is InChI=1S/C19H24N4OS2/c1-12-13(2)26-18-16(12)17(21-14(3)22-18)25-10-15(24)23(4)19(11-20)8-6-5-7-9-19/h5-10H2,1-4H3. The van der Waals surface area contributed by atoms with Crippen molar-refractivity contribution >= 4 is 39.2 Å². The molecule has 0 bridgehead atoms. The van der Waals surface area contributed by atoms with Gasteiger partial charge in [-0.05, 0) is 39.2 Å². The van der Waals surface area contributed by atoms with Gasteiger partial charge in [-0.1, -0.05) is 31.0 Å². The number of aryl methyl sites for hydroxylation is 3. The van der Waals surface area contributed by atoms with Gasteiger partial charge < -0.3 is 4.90 Å². The Morgan fingerprint density at radius 3 is 2.62 bits per heavy atom. The Kier molecular flexibility index (Phi) is 5.54. The van der Waals surface area contributed by atoms with Gasteiger partial charge in [0.15, 0.2) is 0 Å². The number of hydrogen-bond acceptors (Lipinski definition) is 6. The Balaban J connectivity index is 1.79. The number of nitriles is 1. The van der Waals surface area contributed by atoms with Crippen LogP contribution in [0.5, 0.6) is 0 Å². The first kappa shape index (κ1) is 19.1. The van der Waals surface area contributed by atoms with Crippen molar-refractivity contribution in [3.63, 3.8) is 0 Å².